The maximum Gasteiger partial charge on any atom is 0.261 e. The van der Waals surface area contributed by atoms with E-state index in [1.165, 1.54) is 11.6 Å². The van der Waals surface area contributed by atoms with Crippen LogP contribution < -0.4 is 4.74 Å². The topological polar surface area (TPSA) is 43.4 Å². The van der Waals surface area contributed by atoms with E-state index < -0.39 is 9.05 Å². The van der Waals surface area contributed by atoms with E-state index in [0.29, 0.717) is 23.5 Å². The lowest BCUT2D eigenvalue weighted by atomic mass is 10.0. The molecular weight excluding hydrogens is 307 g/mol. The smallest absolute Gasteiger partial charge is 0.261 e. The van der Waals surface area contributed by atoms with Crippen LogP contribution in [-0.2, 0) is 9.05 Å². The number of aryl methyl sites for hydroxylation is 1. The summed E-state index contributed by atoms with van der Waals surface area (Å²) in [7, 11) is 1.70. The molecule has 0 aliphatic heterocycles. The Morgan fingerprint density at radius 3 is 2.47 bits per heavy atom. The lowest BCUT2D eigenvalue weighted by Crippen LogP contribution is -2.04. The predicted molar refractivity (Wildman–Crippen MR) is 78.8 cm³/mol. The molecule has 1 aromatic rings. The van der Waals surface area contributed by atoms with Gasteiger partial charge in [-0.1, -0.05) is 25.4 Å². The Labute approximate surface area is 123 Å². The second-order valence-corrected chi connectivity index (χ2v) is 7.21. The van der Waals surface area contributed by atoms with Crippen LogP contribution in [0.2, 0.25) is 0 Å². The fraction of sp³-hybridized carbons (Fsp3) is 0.385. The third-order valence-electron chi connectivity index (χ3n) is 2.62. The van der Waals surface area contributed by atoms with E-state index in [-0.39, 0.29) is 10.8 Å². The van der Waals surface area contributed by atoms with Gasteiger partial charge in [0.2, 0.25) is 0 Å². The highest BCUT2D eigenvalue weighted by atomic mass is 35.7. The number of rotatable bonds is 5. The summed E-state index contributed by atoms with van der Waals surface area (Å²) in [5, 5.41) is 0. The summed E-state index contributed by atoms with van der Waals surface area (Å²) in [5.41, 5.74) is 2.73. The number of hydrogen-bond acceptors (Lipinski definition) is 3. The molecule has 3 nitrogen and oxygen atoms in total. The standard InChI is InChI=1S/C13H16Cl2O3S/c1-9(2)11-8-12(18-6-4-5-14)10(3)7-13(11)19(15,16)17/h4-5,7-9H,6H2,1-3H3/b5-4+. The third-order valence-corrected chi connectivity index (χ3v) is 4.17. The zero-order valence-corrected chi connectivity index (χ0v) is 13.3. The van der Waals surface area contributed by atoms with Crippen LogP contribution in [0.1, 0.15) is 30.9 Å². The molecule has 1 rings (SSSR count). The molecule has 1 aromatic carbocycles. The molecule has 0 spiro atoms. The van der Waals surface area contributed by atoms with Gasteiger partial charge in [-0.2, -0.15) is 0 Å². The van der Waals surface area contributed by atoms with Crippen LogP contribution in [0.4, 0.5) is 0 Å². The Bertz CT molecular complexity index is 578. The van der Waals surface area contributed by atoms with Gasteiger partial charge in [-0.15, -0.1) is 0 Å². The highest BCUT2D eigenvalue weighted by Crippen LogP contribution is 2.32. The quantitative estimate of drug-likeness (QED) is 0.764. The van der Waals surface area contributed by atoms with Gasteiger partial charge in [-0.3, -0.25) is 0 Å². The van der Waals surface area contributed by atoms with Gasteiger partial charge in [0, 0.05) is 16.2 Å². The monoisotopic (exact) mass is 322 g/mol. The number of benzene rings is 1. The van der Waals surface area contributed by atoms with E-state index >= 15 is 0 Å². The number of hydrogen-bond donors (Lipinski definition) is 0. The van der Waals surface area contributed by atoms with E-state index in [1.807, 2.05) is 13.8 Å². The molecule has 106 valence electrons. The van der Waals surface area contributed by atoms with Crippen LogP contribution in [0.5, 0.6) is 5.75 Å². The van der Waals surface area contributed by atoms with E-state index in [9.17, 15) is 8.42 Å². The van der Waals surface area contributed by atoms with Crippen LogP contribution in [0.3, 0.4) is 0 Å². The predicted octanol–water partition coefficient (Wildman–Crippen LogP) is 4.18. The van der Waals surface area contributed by atoms with E-state index in [1.54, 1.807) is 19.1 Å². The summed E-state index contributed by atoms with van der Waals surface area (Å²) in [4.78, 5) is 0.141. The molecule has 0 aromatic heterocycles. The molecule has 0 bridgehead atoms. The van der Waals surface area contributed by atoms with Crippen molar-refractivity contribution in [2.75, 3.05) is 6.61 Å². The van der Waals surface area contributed by atoms with E-state index in [0.717, 1.165) is 0 Å². The molecule has 19 heavy (non-hydrogen) atoms. The first kappa shape index (κ1) is 16.3. The minimum Gasteiger partial charge on any atom is -0.489 e. The van der Waals surface area contributed by atoms with Crippen molar-refractivity contribution in [1.29, 1.82) is 0 Å². The van der Waals surface area contributed by atoms with Gasteiger partial charge in [-0.25, -0.2) is 8.42 Å². The summed E-state index contributed by atoms with van der Waals surface area (Å²) >= 11 is 5.42. The molecule has 0 atom stereocenters. The second kappa shape index (κ2) is 6.64. The Hall–Kier alpha value is -0.710. The Kier molecular flexibility index (Phi) is 5.71. The van der Waals surface area contributed by atoms with Gasteiger partial charge >= 0.3 is 0 Å². The molecular formula is C13H16Cl2O3S. The summed E-state index contributed by atoms with van der Waals surface area (Å²) in [5.74, 6) is 0.651. The third kappa shape index (κ3) is 4.41. The van der Waals surface area contributed by atoms with Crippen LogP contribution in [0.15, 0.2) is 28.6 Å². The minimum atomic E-state index is -3.76. The lowest BCUT2D eigenvalue weighted by molar-refractivity contribution is 0.359. The zero-order chi connectivity index (χ0) is 14.6. The minimum absolute atomic E-state index is 0.0232. The van der Waals surface area contributed by atoms with E-state index in [4.69, 9.17) is 27.0 Å². The lowest BCUT2D eigenvalue weighted by Gasteiger charge is -2.15. The number of ether oxygens (including phenoxy) is 1. The molecule has 0 saturated heterocycles. The van der Waals surface area contributed by atoms with Crippen molar-refractivity contribution in [3.8, 4) is 5.75 Å². The Morgan fingerprint density at radius 1 is 1.37 bits per heavy atom. The Morgan fingerprint density at radius 2 is 2.00 bits per heavy atom. The first-order chi connectivity index (χ1) is 8.77. The average molecular weight is 323 g/mol. The summed E-state index contributed by atoms with van der Waals surface area (Å²) in [6, 6.07) is 3.26. The highest BCUT2D eigenvalue weighted by molar-refractivity contribution is 8.13. The van der Waals surface area contributed by atoms with Gasteiger partial charge < -0.3 is 4.74 Å². The Balaban J connectivity index is 3.29. The molecule has 0 heterocycles. The largest absolute Gasteiger partial charge is 0.489 e. The molecule has 0 radical (unpaired) electrons. The summed E-state index contributed by atoms with van der Waals surface area (Å²) < 4.78 is 28.7. The molecule has 0 aliphatic carbocycles. The van der Waals surface area contributed by atoms with Gasteiger partial charge in [0.1, 0.15) is 12.4 Å². The van der Waals surface area contributed by atoms with Crippen molar-refractivity contribution in [2.45, 2.75) is 31.6 Å². The summed E-state index contributed by atoms with van der Waals surface area (Å²) in [6.45, 7) is 5.90. The molecule has 0 amide bonds. The van der Waals surface area contributed by atoms with Crippen molar-refractivity contribution < 1.29 is 13.2 Å². The molecule has 0 saturated carbocycles. The van der Waals surface area contributed by atoms with Crippen molar-refractivity contribution in [2.24, 2.45) is 0 Å². The van der Waals surface area contributed by atoms with Gasteiger partial charge in [-0.05, 0) is 42.2 Å². The van der Waals surface area contributed by atoms with Crippen LogP contribution >= 0.6 is 22.3 Å². The second-order valence-electron chi connectivity index (χ2n) is 4.42. The molecule has 0 N–H and O–H groups in total. The van der Waals surface area contributed by atoms with Gasteiger partial charge in [0.05, 0.1) is 4.90 Å². The maximum atomic E-state index is 11.6. The fourth-order valence-electron chi connectivity index (χ4n) is 1.67. The highest BCUT2D eigenvalue weighted by Gasteiger charge is 2.20. The maximum absolute atomic E-state index is 11.6. The average Bonchev–Trinajstić information content (AvgIpc) is 2.29. The number of halogens is 2. The van der Waals surface area contributed by atoms with Crippen molar-refractivity contribution in [3.05, 3.63) is 34.9 Å². The van der Waals surface area contributed by atoms with Crippen LogP contribution in [0, 0.1) is 6.92 Å². The summed E-state index contributed by atoms with van der Waals surface area (Å²) in [6.07, 6.45) is 1.66. The van der Waals surface area contributed by atoms with Crippen molar-refractivity contribution >= 4 is 31.3 Å². The van der Waals surface area contributed by atoms with Crippen molar-refractivity contribution in [3.63, 3.8) is 0 Å². The normalized spacial score (nSPS) is 12.3. The van der Waals surface area contributed by atoms with Crippen molar-refractivity contribution in [1.82, 2.24) is 0 Å². The van der Waals surface area contributed by atoms with E-state index in [2.05, 4.69) is 0 Å². The zero-order valence-electron chi connectivity index (χ0n) is 11.0. The van der Waals surface area contributed by atoms with Gasteiger partial charge in [0.15, 0.2) is 0 Å². The SMILES string of the molecule is Cc1cc(S(=O)(=O)Cl)c(C(C)C)cc1OC/C=C/Cl. The van der Waals surface area contributed by atoms with Crippen LogP contribution in [0.25, 0.3) is 0 Å². The molecule has 0 aliphatic rings. The first-order valence-electron chi connectivity index (χ1n) is 5.74. The molecule has 6 heteroatoms. The molecule has 0 unspecified atom stereocenters. The fourth-order valence-corrected chi connectivity index (χ4v) is 3.04. The van der Waals surface area contributed by atoms with Gasteiger partial charge in [0.25, 0.3) is 9.05 Å². The van der Waals surface area contributed by atoms with Crippen LogP contribution in [-0.4, -0.2) is 15.0 Å². The first-order valence-corrected chi connectivity index (χ1v) is 8.49. The molecule has 0 fully saturated rings.